The first-order valence-electron chi connectivity index (χ1n) is 8.35. The summed E-state index contributed by atoms with van der Waals surface area (Å²) in [5.41, 5.74) is 14.6. The van der Waals surface area contributed by atoms with Crippen LogP contribution in [0.25, 0.3) is 32.9 Å². The summed E-state index contributed by atoms with van der Waals surface area (Å²) in [5.74, 6) is -2.20. The van der Waals surface area contributed by atoms with Gasteiger partial charge in [0.1, 0.15) is 11.6 Å². The number of halogens is 3. The van der Waals surface area contributed by atoms with Crippen LogP contribution in [0.5, 0.6) is 5.75 Å². The van der Waals surface area contributed by atoms with E-state index in [-0.39, 0.29) is 17.5 Å². The van der Waals surface area contributed by atoms with Gasteiger partial charge >= 0.3 is 12.1 Å². The maximum absolute atomic E-state index is 12.4. The van der Waals surface area contributed by atoms with Gasteiger partial charge in [-0.15, -0.1) is 0 Å². The Morgan fingerprint density at radius 3 is 2.45 bits per heavy atom. The van der Waals surface area contributed by atoms with Crippen molar-refractivity contribution in [2.45, 2.75) is 6.18 Å². The fraction of sp³-hybridized carbons (Fsp3) is 0.105. The zero-order valence-corrected chi connectivity index (χ0v) is 15.0. The molecule has 0 radical (unpaired) electrons. The van der Waals surface area contributed by atoms with Crippen LogP contribution in [0.15, 0.2) is 42.6 Å². The second-order valence-electron chi connectivity index (χ2n) is 6.39. The minimum absolute atomic E-state index is 0.0330. The number of nitrogen functional groups attached to an aromatic ring is 2. The van der Waals surface area contributed by atoms with Gasteiger partial charge in [0.15, 0.2) is 0 Å². The Labute approximate surface area is 161 Å². The van der Waals surface area contributed by atoms with Crippen molar-refractivity contribution in [3.8, 4) is 16.9 Å². The molecule has 0 saturated heterocycles. The van der Waals surface area contributed by atoms with Gasteiger partial charge in [0, 0.05) is 24.2 Å². The number of nitrogens with two attached hydrogens (primary N) is 2. The Bertz CT molecular complexity index is 1260. The van der Waals surface area contributed by atoms with Crippen LogP contribution >= 0.6 is 0 Å². The predicted octanol–water partition coefficient (Wildman–Crippen LogP) is 3.42. The zero-order valence-electron chi connectivity index (χ0n) is 15.0. The van der Waals surface area contributed by atoms with E-state index >= 15 is 0 Å². The topological polar surface area (TPSA) is 109 Å². The second kappa shape index (κ2) is 6.36. The fourth-order valence-electron chi connectivity index (χ4n) is 3.25. The first kappa shape index (κ1) is 18.5. The summed E-state index contributed by atoms with van der Waals surface area (Å²) in [6.07, 6.45) is -3.21. The van der Waals surface area contributed by atoms with Crippen molar-refractivity contribution in [2.75, 3.05) is 11.5 Å². The molecule has 29 heavy (non-hydrogen) atoms. The number of esters is 1. The van der Waals surface area contributed by atoms with Crippen molar-refractivity contribution in [3.05, 3.63) is 42.6 Å². The van der Waals surface area contributed by atoms with Crippen molar-refractivity contribution < 1.29 is 22.7 Å². The summed E-state index contributed by atoms with van der Waals surface area (Å²) in [7, 11) is 1.85. The van der Waals surface area contributed by atoms with Gasteiger partial charge in [-0.05, 0) is 29.8 Å². The number of rotatable bonds is 2. The molecular formula is C19H14F3N5O2. The number of fused-ring (bicyclic) bond motifs is 3. The largest absolute Gasteiger partial charge is 0.491 e. The van der Waals surface area contributed by atoms with E-state index in [4.69, 9.17) is 11.5 Å². The van der Waals surface area contributed by atoms with Crippen molar-refractivity contribution >= 4 is 39.5 Å². The highest BCUT2D eigenvalue weighted by molar-refractivity contribution is 6.15. The van der Waals surface area contributed by atoms with Crippen LogP contribution in [0, 0.1) is 0 Å². The van der Waals surface area contributed by atoms with Gasteiger partial charge < -0.3 is 20.8 Å². The summed E-state index contributed by atoms with van der Waals surface area (Å²) < 4.78 is 43.3. The van der Waals surface area contributed by atoms with E-state index < -0.39 is 12.1 Å². The normalized spacial score (nSPS) is 11.9. The molecule has 0 unspecified atom stereocenters. The van der Waals surface area contributed by atoms with Gasteiger partial charge in [0.2, 0.25) is 5.95 Å². The Balaban J connectivity index is 1.85. The first-order valence-corrected chi connectivity index (χ1v) is 8.35. The molecule has 148 valence electrons. The molecule has 0 atom stereocenters. The SMILES string of the molecule is Cn1ccc2c3c(N)nc(N)nc3cc(-c3ccc(OC(=O)C(F)(F)F)cc3)c21. The van der Waals surface area contributed by atoms with Crippen LogP contribution in [0.3, 0.4) is 0 Å². The number of hydrogen-bond donors (Lipinski definition) is 2. The van der Waals surface area contributed by atoms with Gasteiger partial charge in [0.05, 0.1) is 16.4 Å². The number of carbonyl (C=O) groups excluding carboxylic acids is 1. The van der Waals surface area contributed by atoms with Crippen molar-refractivity contribution in [1.82, 2.24) is 14.5 Å². The van der Waals surface area contributed by atoms with Crippen molar-refractivity contribution in [3.63, 3.8) is 0 Å². The highest BCUT2D eigenvalue weighted by Gasteiger charge is 2.41. The summed E-state index contributed by atoms with van der Waals surface area (Å²) >= 11 is 0. The smallest absolute Gasteiger partial charge is 0.420 e. The summed E-state index contributed by atoms with van der Waals surface area (Å²) in [6, 6.07) is 9.35. The van der Waals surface area contributed by atoms with Crippen LogP contribution in [0.4, 0.5) is 24.9 Å². The molecule has 4 N–H and O–H groups in total. The Morgan fingerprint density at radius 1 is 1.10 bits per heavy atom. The molecule has 10 heteroatoms. The third-order valence-corrected chi connectivity index (χ3v) is 4.47. The Hall–Kier alpha value is -3.82. The lowest BCUT2D eigenvalue weighted by atomic mass is 9.99. The standard InChI is InChI=1S/C19H14F3N5O2/c1-27-7-6-11-14-13(25-18(24)26-16(14)23)8-12(15(11)27)9-2-4-10(5-3-9)29-17(28)19(20,21)22/h2-8H,1H3,(H4,23,24,25,26). The van der Waals surface area contributed by atoms with E-state index in [1.165, 1.54) is 12.1 Å². The van der Waals surface area contributed by atoms with Gasteiger partial charge in [-0.25, -0.2) is 9.78 Å². The van der Waals surface area contributed by atoms with E-state index in [0.717, 1.165) is 16.5 Å². The molecular weight excluding hydrogens is 387 g/mol. The van der Waals surface area contributed by atoms with Gasteiger partial charge in [0.25, 0.3) is 0 Å². The van der Waals surface area contributed by atoms with Crippen molar-refractivity contribution in [2.24, 2.45) is 7.05 Å². The molecule has 0 saturated carbocycles. The minimum atomic E-state index is -5.06. The summed E-state index contributed by atoms with van der Waals surface area (Å²) in [6.45, 7) is 0. The molecule has 0 bridgehead atoms. The number of ether oxygens (including phenoxy) is 1. The quantitative estimate of drug-likeness (QED) is 0.394. The lowest BCUT2D eigenvalue weighted by molar-refractivity contribution is -0.189. The molecule has 0 spiro atoms. The van der Waals surface area contributed by atoms with Crippen LogP contribution in [-0.2, 0) is 11.8 Å². The minimum Gasteiger partial charge on any atom is -0.420 e. The number of hydrogen-bond acceptors (Lipinski definition) is 6. The molecule has 0 fully saturated rings. The highest BCUT2D eigenvalue weighted by atomic mass is 19.4. The molecule has 2 aromatic carbocycles. The molecule has 4 aromatic rings. The van der Waals surface area contributed by atoms with E-state index in [1.807, 2.05) is 23.9 Å². The predicted molar refractivity (Wildman–Crippen MR) is 102 cm³/mol. The molecule has 2 heterocycles. The van der Waals surface area contributed by atoms with Crippen LogP contribution in [0.1, 0.15) is 0 Å². The number of anilines is 2. The lowest BCUT2D eigenvalue weighted by Gasteiger charge is -2.12. The van der Waals surface area contributed by atoms with Gasteiger partial charge in [-0.1, -0.05) is 12.1 Å². The van der Waals surface area contributed by atoms with Crippen LogP contribution in [0.2, 0.25) is 0 Å². The molecule has 7 nitrogen and oxygen atoms in total. The maximum Gasteiger partial charge on any atom is 0.491 e. The van der Waals surface area contributed by atoms with E-state index in [9.17, 15) is 18.0 Å². The number of carbonyl (C=O) groups is 1. The average Bonchev–Trinajstić information content (AvgIpc) is 3.02. The van der Waals surface area contributed by atoms with E-state index in [0.29, 0.717) is 16.5 Å². The Kier molecular flexibility index (Phi) is 4.07. The monoisotopic (exact) mass is 401 g/mol. The van der Waals surface area contributed by atoms with Crippen LogP contribution < -0.4 is 16.2 Å². The molecule has 0 amide bonds. The molecule has 2 aromatic heterocycles. The van der Waals surface area contributed by atoms with E-state index in [2.05, 4.69) is 14.7 Å². The fourth-order valence-corrected chi connectivity index (χ4v) is 3.25. The third kappa shape index (κ3) is 3.18. The van der Waals surface area contributed by atoms with Gasteiger partial charge in [-0.3, -0.25) is 0 Å². The molecule has 0 aliphatic heterocycles. The van der Waals surface area contributed by atoms with Crippen LogP contribution in [-0.4, -0.2) is 26.7 Å². The number of aromatic nitrogens is 3. The van der Waals surface area contributed by atoms with Gasteiger partial charge in [-0.2, -0.15) is 18.2 Å². The molecule has 4 rings (SSSR count). The number of aryl methyl sites for hydroxylation is 1. The molecule has 0 aliphatic rings. The Morgan fingerprint density at radius 2 is 1.79 bits per heavy atom. The number of alkyl halides is 3. The highest BCUT2D eigenvalue weighted by Crippen LogP contribution is 2.37. The molecule has 0 aliphatic carbocycles. The summed E-state index contributed by atoms with van der Waals surface area (Å²) in [4.78, 5) is 19.3. The number of benzene rings is 2. The zero-order chi connectivity index (χ0) is 20.9. The third-order valence-electron chi connectivity index (χ3n) is 4.47. The maximum atomic E-state index is 12.4. The summed E-state index contributed by atoms with van der Waals surface area (Å²) in [5, 5.41) is 1.47. The average molecular weight is 401 g/mol. The van der Waals surface area contributed by atoms with Crippen molar-refractivity contribution in [1.29, 1.82) is 0 Å². The second-order valence-corrected chi connectivity index (χ2v) is 6.39. The lowest BCUT2D eigenvalue weighted by Crippen LogP contribution is -2.27. The van der Waals surface area contributed by atoms with E-state index in [1.54, 1.807) is 18.2 Å². The number of nitrogens with zero attached hydrogens (tertiary/aromatic N) is 3. The first-order chi connectivity index (χ1) is 13.6.